The Morgan fingerprint density at radius 3 is 2.90 bits per heavy atom. The van der Waals surface area contributed by atoms with E-state index in [1.54, 1.807) is 18.2 Å². The highest BCUT2D eigenvalue weighted by Gasteiger charge is 1.87. The predicted molar refractivity (Wildman–Crippen MR) is 45.0 cm³/mol. The van der Waals surface area contributed by atoms with Gasteiger partial charge in [0.25, 0.3) is 0 Å². The summed E-state index contributed by atoms with van der Waals surface area (Å²) in [5, 5.41) is 2.88. The van der Waals surface area contributed by atoms with E-state index in [-0.39, 0.29) is 0 Å². The van der Waals surface area contributed by atoms with Crippen molar-refractivity contribution in [2.75, 3.05) is 0 Å². The lowest BCUT2D eigenvalue weighted by molar-refractivity contribution is 1.54. The van der Waals surface area contributed by atoms with Gasteiger partial charge in [-0.3, -0.25) is 0 Å². The lowest BCUT2D eigenvalue weighted by atomic mass is 10.3. The summed E-state index contributed by atoms with van der Waals surface area (Å²) in [6.07, 6.45) is 0. The molecule has 0 saturated carbocycles. The maximum absolute atomic E-state index is 5.59. The van der Waals surface area contributed by atoms with Crippen molar-refractivity contribution < 1.29 is 0 Å². The van der Waals surface area contributed by atoms with Crippen molar-refractivity contribution in [1.82, 2.24) is 0 Å². The van der Waals surface area contributed by atoms with Gasteiger partial charge in [0.15, 0.2) is 0 Å². The second-order valence-corrected chi connectivity index (χ2v) is 2.21. The topological polar surface area (TPSA) is 12.4 Å². The molecule has 1 rings (SSSR count). The molecular weight excluding hydrogens is 166 g/mol. The molecule has 0 aromatic heterocycles. The van der Waals surface area contributed by atoms with Gasteiger partial charge >= 0.3 is 0 Å². The molecule has 0 unspecified atom stereocenters. The number of aliphatic imine (C=N–C) groups is 1. The molecule has 0 spiro atoms. The summed E-state index contributed by atoms with van der Waals surface area (Å²) in [5.74, 6) is 0. The molecule has 0 saturated heterocycles. The highest BCUT2D eigenvalue weighted by atomic mass is 35.5. The Balaban J connectivity index is 3.00. The van der Waals surface area contributed by atoms with Gasteiger partial charge in [-0.05, 0) is 30.4 Å². The van der Waals surface area contributed by atoms with Gasteiger partial charge in [0.05, 0.1) is 10.8 Å². The van der Waals surface area contributed by atoms with Gasteiger partial charge in [0.2, 0.25) is 0 Å². The van der Waals surface area contributed by atoms with E-state index < -0.39 is 0 Å². The van der Waals surface area contributed by atoms with Crippen LogP contribution >= 0.6 is 23.8 Å². The number of halogens is 1. The number of rotatable bonds is 1. The lowest BCUT2D eigenvalue weighted by Crippen LogP contribution is -1.63. The molecule has 49 valence electrons. The van der Waals surface area contributed by atoms with E-state index in [9.17, 15) is 0 Å². The van der Waals surface area contributed by atoms with Crippen molar-refractivity contribution in [1.29, 1.82) is 0 Å². The Morgan fingerprint density at radius 2 is 2.40 bits per heavy atom. The third kappa shape index (κ3) is 1.92. The SMILES string of the molecule is S=C=Nc1[c]cc(Cl)cc1. The van der Waals surface area contributed by atoms with Gasteiger partial charge in [-0.25, -0.2) is 0 Å². The Kier molecular flexibility index (Phi) is 2.57. The molecule has 1 nitrogen and oxygen atoms in total. The highest BCUT2D eigenvalue weighted by Crippen LogP contribution is 2.14. The van der Waals surface area contributed by atoms with Crippen molar-refractivity contribution in [3.8, 4) is 0 Å². The van der Waals surface area contributed by atoms with E-state index in [0.717, 1.165) is 0 Å². The first-order chi connectivity index (χ1) is 4.83. The lowest BCUT2D eigenvalue weighted by Gasteiger charge is -1.87. The van der Waals surface area contributed by atoms with Gasteiger partial charge in [0, 0.05) is 11.1 Å². The quantitative estimate of drug-likeness (QED) is 0.464. The third-order valence-corrected chi connectivity index (χ3v) is 1.25. The molecule has 1 aromatic rings. The van der Waals surface area contributed by atoms with Crippen molar-refractivity contribution in [3.63, 3.8) is 0 Å². The monoisotopic (exact) mass is 168 g/mol. The smallest absolute Gasteiger partial charge is 0.0819 e. The standard InChI is InChI=1S/C7H3ClNS/c8-6-1-3-7(4-2-6)9-5-10/h1-3H. The van der Waals surface area contributed by atoms with Crippen LogP contribution in [0.5, 0.6) is 0 Å². The predicted octanol–water partition coefficient (Wildman–Crippen LogP) is 2.87. The molecule has 1 aromatic carbocycles. The molecule has 1 radical (unpaired) electrons. The molecule has 0 bridgehead atoms. The number of nitrogens with zero attached hydrogens (tertiary/aromatic N) is 1. The zero-order valence-corrected chi connectivity index (χ0v) is 6.54. The van der Waals surface area contributed by atoms with Crippen molar-refractivity contribution in [3.05, 3.63) is 29.3 Å². The molecule has 3 heteroatoms. The Bertz CT molecular complexity index is 261. The average molecular weight is 169 g/mol. The van der Waals surface area contributed by atoms with E-state index >= 15 is 0 Å². The van der Waals surface area contributed by atoms with E-state index in [1.165, 1.54) is 0 Å². The maximum atomic E-state index is 5.59. The van der Waals surface area contributed by atoms with Gasteiger partial charge in [-0.1, -0.05) is 11.6 Å². The summed E-state index contributed by atoms with van der Waals surface area (Å²) in [5.41, 5.74) is 0.652. The first-order valence-electron chi connectivity index (χ1n) is 2.58. The molecule has 0 N–H and O–H groups in total. The highest BCUT2D eigenvalue weighted by molar-refractivity contribution is 7.78. The van der Waals surface area contributed by atoms with Crippen LogP contribution in [0, 0.1) is 6.07 Å². The number of thiocarbonyl (C=S) groups is 1. The molecule has 0 heterocycles. The number of isothiocyanates is 1. The minimum Gasteiger partial charge on any atom is -0.194 e. The molecule has 0 aliphatic heterocycles. The van der Waals surface area contributed by atoms with Crippen LogP contribution in [0.2, 0.25) is 5.02 Å². The minimum atomic E-state index is 0.642. The first-order valence-corrected chi connectivity index (χ1v) is 3.36. The average Bonchev–Trinajstić information content (AvgIpc) is 1.95. The molecule has 0 atom stereocenters. The van der Waals surface area contributed by atoms with Crippen LogP contribution in [0.3, 0.4) is 0 Å². The summed E-state index contributed by atoms with van der Waals surface area (Å²) in [7, 11) is 0. The third-order valence-electron chi connectivity index (χ3n) is 0.924. The first kappa shape index (κ1) is 7.42. The van der Waals surface area contributed by atoms with Crippen LogP contribution in [-0.4, -0.2) is 5.16 Å². The molecular formula is C7H3ClNS. The summed E-state index contributed by atoms with van der Waals surface area (Å²) >= 11 is 9.99. The number of benzene rings is 1. The van der Waals surface area contributed by atoms with E-state index in [2.05, 4.69) is 28.4 Å². The molecule has 0 fully saturated rings. The summed E-state index contributed by atoms with van der Waals surface area (Å²) in [4.78, 5) is 3.70. The number of hydrogen-bond donors (Lipinski definition) is 0. The van der Waals surface area contributed by atoms with Gasteiger partial charge in [-0.2, -0.15) is 4.99 Å². The van der Waals surface area contributed by atoms with Gasteiger partial charge in [-0.15, -0.1) is 0 Å². The van der Waals surface area contributed by atoms with Crippen LogP contribution in [0.1, 0.15) is 0 Å². The van der Waals surface area contributed by atoms with Crippen molar-refractivity contribution >= 4 is 34.7 Å². The van der Waals surface area contributed by atoms with Crippen LogP contribution < -0.4 is 0 Å². The fourth-order valence-corrected chi connectivity index (χ4v) is 0.732. The second-order valence-electron chi connectivity index (χ2n) is 1.60. The molecule has 10 heavy (non-hydrogen) atoms. The van der Waals surface area contributed by atoms with Crippen LogP contribution in [-0.2, 0) is 0 Å². The molecule has 0 aliphatic carbocycles. The van der Waals surface area contributed by atoms with Crippen molar-refractivity contribution in [2.45, 2.75) is 0 Å². The summed E-state index contributed by atoms with van der Waals surface area (Å²) < 4.78 is 0. The zero-order valence-electron chi connectivity index (χ0n) is 4.97. The van der Waals surface area contributed by atoms with Crippen molar-refractivity contribution in [2.24, 2.45) is 4.99 Å². The Hall–Kier alpha value is -0.690. The fourth-order valence-electron chi connectivity index (χ4n) is 0.516. The minimum absolute atomic E-state index is 0.642. The Labute approximate surface area is 69.4 Å². The summed E-state index contributed by atoms with van der Waals surface area (Å²) in [6.45, 7) is 0. The van der Waals surface area contributed by atoms with Crippen LogP contribution in [0.4, 0.5) is 5.69 Å². The van der Waals surface area contributed by atoms with Crippen LogP contribution in [0.25, 0.3) is 0 Å². The second kappa shape index (κ2) is 3.47. The van der Waals surface area contributed by atoms with E-state index in [1.807, 2.05) is 0 Å². The molecule has 0 amide bonds. The van der Waals surface area contributed by atoms with E-state index in [4.69, 9.17) is 11.6 Å². The van der Waals surface area contributed by atoms with E-state index in [0.29, 0.717) is 10.7 Å². The summed E-state index contributed by atoms with van der Waals surface area (Å²) in [6, 6.07) is 7.89. The number of hydrogen-bond acceptors (Lipinski definition) is 2. The Morgan fingerprint density at radius 1 is 1.60 bits per heavy atom. The molecule has 0 aliphatic rings. The van der Waals surface area contributed by atoms with Gasteiger partial charge < -0.3 is 0 Å². The maximum Gasteiger partial charge on any atom is 0.0819 e. The fraction of sp³-hybridized carbons (Fsp3) is 0. The van der Waals surface area contributed by atoms with Crippen LogP contribution in [0.15, 0.2) is 23.2 Å². The normalized spacial score (nSPS) is 8.50. The largest absolute Gasteiger partial charge is 0.194 e. The van der Waals surface area contributed by atoms with Gasteiger partial charge in [0.1, 0.15) is 0 Å². The zero-order chi connectivity index (χ0) is 7.40.